The molecule has 1 atom stereocenters. The third kappa shape index (κ3) is 3.05. The van der Waals surface area contributed by atoms with E-state index in [-0.39, 0.29) is 0 Å². The van der Waals surface area contributed by atoms with Crippen molar-refractivity contribution < 1.29 is 0 Å². The molecule has 0 saturated heterocycles. The van der Waals surface area contributed by atoms with Crippen molar-refractivity contribution in [2.24, 2.45) is 17.3 Å². The summed E-state index contributed by atoms with van der Waals surface area (Å²) in [5.41, 5.74) is 2.90. The number of rotatable bonds is 1. The van der Waals surface area contributed by atoms with Crippen LogP contribution in [-0.2, 0) is 0 Å². The van der Waals surface area contributed by atoms with Gasteiger partial charge in [0.05, 0.1) is 10.7 Å². The summed E-state index contributed by atoms with van der Waals surface area (Å²) in [6.45, 7) is 8.15. The standard InChI is InChI=1S/C18H25Cl2N/c1-18(2,3)12-6-4-11(5-7-12)15-10-21-17-14(15)8-13(19)9-16(17)20/h8-9,11-12,15,21H,4-7,10H2,1-3H3. The van der Waals surface area contributed by atoms with Gasteiger partial charge < -0.3 is 5.32 Å². The molecule has 0 radical (unpaired) electrons. The van der Waals surface area contributed by atoms with E-state index in [1.165, 1.54) is 31.2 Å². The first-order valence-corrected chi connectivity index (χ1v) is 8.84. The van der Waals surface area contributed by atoms with E-state index in [1.807, 2.05) is 6.07 Å². The SMILES string of the molecule is CC(C)(C)C1CCC(C2CNc3c(Cl)cc(Cl)cc32)CC1. The van der Waals surface area contributed by atoms with Gasteiger partial charge in [-0.15, -0.1) is 0 Å². The van der Waals surface area contributed by atoms with Crippen LogP contribution >= 0.6 is 23.2 Å². The van der Waals surface area contributed by atoms with Crippen LogP contribution in [0.1, 0.15) is 57.9 Å². The molecule has 3 rings (SSSR count). The molecule has 1 N–H and O–H groups in total. The van der Waals surface area contributed by atoms with Crippen molar-refractivity contribution >= 4 is 28.9 Å². The predicted octanol–water partition coefficient (Wildman–Crippen LogP) is 6.36. The Morgan fingerprint density at radius 3 is 2.33 bits per heavy atom. The van der Waals surface area contributed by atoms with Gasteiger partial charge in [0, 0.05) is 17.5 Å². The van der Waals surface area contributed by atoms with E-state index in [1.54, 1.807) is 0 Å². The van der Waals surface area contributed by atoms with Crippen molar-refractivity contribution in [2.45, 2.75) is 52.4 Å². The van der Waals surface area contributed by atoms with Gasteiger partial charge in [-0.3, -0.25) is 0 Å². The van der Waals surface area contributed by atoms with Gasteiger partial charge in [0.2, 0.25) is 0 Å². The fourth-order valence-electron chi connectivity index (χ4n) is 4.20. The van der Waals surface area contributed by atoms with Crippen LogP contribution in [0.15, 0.2) is 12.1 Å². The van der Waals surface area contributed by atoms with E-state index in [0.29, 0.717) is 11.3 Å². The van der Waals surface area contributed by atoms with E-state index in [9.17, 15) is 0 Å². The van der Waals surface area contributed by atoms with Gasteiger partial charge in [-0.05, 0) is 60.6 Å². The van der Waals surface area contributed by atoms with Crippen LogP contribution in [0, 0.1) is 17.3 Å². The maximum atomic E-state index is 6.32. The molecule has 2 aliphatic rings. The topological polar surface area (TPSA) is 12.0 Å². The van der Waals surface area contributed by atoms with Crippen molar-refractivity contribution in [3.05, 3.63) is 27.7 Å². The van der Waals surface area contributed by atoms with E-state index >= 15 is 0 Å². The largest absolute Gasteiger partial charge is 0.383 e. The van der Waals surface area contributed by atoms with Crippen molar-refractivity contribution in [1.29, 1.82) is 0 Å². The van der Waals surface area contributed by atoms with Crippen LogP contribution in [0.2, 0.25) is 10.0 Å². The van der Waals surface area contributed by atoms with Crippen LogP contribution < -0.4 is 5.32 Å². The highest BCUT2D eigenvalue weighted by molar-refractivity contribution is 6.36. The molecule has 1 aliphatic carbocycles. The van der Waals surface area contributed by atoms with Crippen LogP contribution in [0.25, 0.3) is 0 Å². The number of hydrogen-bond acceptors (Lipinski definition) is 1. The highest BCUT2D eigenvalue weighted by atomic mass is 35.5. The maximum Gasteiger partial charge on any atom is 0.0655 e. The monoisotopic (exact) mass is 325 g/mol. The molecule has 1 heterocycles. The quantitative estimate of drug-likeness (QED) is 0.633. The zero-order valence-electron chi connectivity index (χ0n) is 13.2. The maximum absolute atomic E-state index is 6.32. The van der Waals surface area contributed by atoms with Gasteiger partial charge in [0.25, 0.3) is 0 Å². The van der Waals surface area contributed by atoms with Crippen LogP contribution in [0.5, 0.6) is 0 Å². The molecule has 0 bridgehead atoms. The third-order valence-corrected chi connectivity index (χ3v) is 6.07. The van der Waals surface area contributed by atoms with Gasteiger partial charge in [-0.2, -0.15) is 0 Å². The fraction of sp³-hybridized carbons (Fsp3) is 0.667. The van der Waals surface area contributed by atoms with Crippen molar-refractivity contribution in [3.63, 3.8) is 0 Å². The zero-order valence-corrected chi connectivity index (χ0v) is 14.7. The van der Waals surface area contributed by atoms with Gasteiger partial charge in [0.15, 0.2) is 0 Å². The minimum atomic E-state index is 0.448. The number of hydrogen-bond donors (Lipinski definition) is 1. The molecule has 1 unspecified atom stereocenters. The second-order valence-electron chi connectivity index (χ2n) is 7.82. The molecule has 1 aromatic rings. The Hall–Kier alpha value is -0.400. The Kier molecular flexibility index (Phi) is 4.18. The molecule has 1 nitrogen and oxygen atoms in total. The predicted molar refractivity (Wildman–Crippen MR) is 92.6 cm³/mol. The average molecular weight is 326 g/mol. The van der Waals surface area contributed by atoms with E-state index in [2.05, 4.69) is 32.2 Å². The number of fused-ring (bicyclic) bond motifs is 1. The van der Waals surface area contributed by atoms with Gasteiger partial charge >= 0.3 is 0 Å². The van der Waals surface area contributed by atoms with E-state index in [0.717, 1.165) is 34.1 Å². The minimum absolute atomic E-state index is 0.448. The van der Waals surface area contributed by atoms with Gasteiger partial charge in [-0.1, -0.05) is 44.0 Å². The summed E-state index contributed by atoms with van der Waals surface area (Å²) < 4.78 is 0. The number of benzene rings is 1. The lowest BCUT2D eigenvalue weighted by Gasteiger charge is -2.38. The van der Waals surface area contributed by atoms with Crippen molar-refractivity contribution in [2.75, 3.05) is 11.9 Å². The molecule has 1 saturated carbocycles. The molecular formula is C18H25Cl2N. The molecule has 116 valence electrons. The van der Waals surface area contributed by atoms with Crippen molar-refractivity contribution in [3.8, 4) is 0 Å². The Balaban J connectivity index is 1.75. The van der Waals surface area contributed by atoms with Crippen LogP contribution in [-0.4, -0.2) is 6.54 Å². The number of halogens is 2. The number of nitrogens with one attached hydrogen (secondary N) is 1. The zero-order chi connectivity index (χ0) is 15.2. The first kappa shape index (κ1) is 15.5. The van der Waals surface area contributed by atoms with E-state index < -0.39 is 0 Å². The summed E-state index contributed by atoms with van der Waals surface area (Å²) in [4.78, 5) is 0. The lowest BCUT2D eigenvalue weighted by molar-refractivity contribution is 0.141. The Bertz CT molecular complexity index is 525. The summed E-state index contributed by atoms with van der Waals surface area (Å²) in [5.74, 6) is 2.22. The summed E-state index contributed by atoms with van der Waals surface area (Å²) in [7, 11) is 0. The second kappa shape index (κ2) is 5.66. The second-order valence-corrected chi connectivity index (χ2v) is 8.66. The molecule has 0 spiro atoms. The third-order valence-electron chi connectivity index (χ3n) is 5.55. The van der Waals surface area contributed by atoms with Gasteiger partial charge in [0.1, 0.15) is 0 Å². The Morgan fingerprint density at radius 1 is 1.05 bits per heavy atom. The molecule has 1 aromatic carbocycles. The first-order valence-electron chi connectivity index (χ1n) is 8.09. The first-order chi connectivity index (χ1) is 9.86. The Morgan fingerprint density at radius 2 is 1.71 bits per heavy atom. The lowest BCUT2D eigenvalue weighted by atomic mass is 9.67. The highest BCUT2D eigenvalue weighted by Gasteiger charge is 2.36. The molecule has 1 fully saturated rings. The normalized spacial score (nSPS) is 29.1. The molecular weight excluding hydrogens is 301 g/mol. The van der Waals surface area contributed by atoms with Gasteiger partial charge in [-0.25, -0.2) is 0 Å². The number of anilines is 1. The van der Waals surface area contributed by atoms with Crippen molar-refractivity contribution in [1.82, 2.24) is 0 Å². The molecule has 3 heteroatoms. The molecule has 21 heavy (non-hydrogen) atoms. The molecule has 0 aromatic heterocycles. The lowest BCUT2D eigenvalue weighted by Crippen LogP contribution is -2.28. The summed E-state index contributed by atoms with van der Waals surface area (Å²) in [5, 5.41) is 5.02. The van der Waals surface area contributed by atoms with Crippen LogP contribution in [0.3, 0.4) is 0 Å². The minimum Gasteiger partial charge on any atom is -0.383 e. The molecule has 1 aliphatic heterocycles. The summed E-state index contributed by atoms with van der Waals surface area (Å²) in [6, 6.07) is 3.96. The van der Waals surface area contributed by atoms with Crippen LogP contribution in [0.4, 0.5) is 5.69 Å². The summed E-state index contributed by atoms with van der Waals surface area (Å²) in [6.07, 6.45) is 5.37. The average Bonchev–Trinajstić information content (AvgIpc) is 2.82. The fourth-order valence-corrected chi connectivity index (χ4v) is 4.78. The summed E-state index contributed by atoms with van der Waals surface area (Å²) >= 11 is 12.5. The smallest absolute Gasteiger partial charge is 0.0655 e. The van der Waals surface area contributed by atoms with E-state index in [4.69, 9.17) is 23.2 Å². The highest BCUT2D eigenvalue weighted by Crippen LogP contribution is 2.48. The molecule has 0 amide bonds. The Labute approximate surface area is 138 Å².